The molecule has 0 N–H and O–H groups in total. The molecule has 42 heavy (non-hydrogen) atoms. The predicted molar refractivity (Wildman–Crippen MR) is 161 cm³/mol. The minimum Gasteiger partial charge on any atom is -0.461 e. The number of carbonyl (C=O) groups excluding carboxylic acids is 3. The second-order valence-corrected chi connectivity index (χ2v) is 12.7. The Labute approximate surface area is 249 Å². The van der Waals surface area contributed by atoms with Gasteiger partial charge in [-0.25, -0.2) is 9.59 Å². The molecule has 1 amide bonds. The highest BCUT2D eigenvalue weighted by Crippen LogP contribution is 2.40. The largest absolute Gasteiger partial charge is 0.461 e. The summed E-state index contributed by atoms with van der Waals surface area (Å²) in [4.78, 5) is 41.6. The van der Waals surface area contributed by atoms with Crippen molar-refractivity contribution in [1.82, 2.24) is 9.47 Å². The Hall–Kier alpha value is -2.91. The molecule has 1 aliphatic heterocycles. The van der Waals surface area contributed by atoms with Crippen LogP contribution in [0.4, 0.5) is 4.79 Å². The number of esters is 1. The van der Waals surface area contributed by atoms with E-state index in [9.17, 15) is 14.4 Å². The lowest BCUT2D eigenvalue weighted by Gasteiger charge is -2.34. The number of nitrogens with zero attached hydrogens (tertiary/aromatic N) is 2. The van der Waals surface area contributed by atoms with E-state index in [1.165, 1.54) is 19.3 Å². The van der Waals surface area contributed by atoms with E-state index >= 15 is 0 Å². The van der Waals surface area contributed by atoms with E-state index in [0.29, 0.717) is 44.4 Å². The zero-order valence-corrected chi connectivity index (χ0v) is 26.0. The number of amides is 1. The molecule has 2 fully saturated rings. The van der Waals surface area contributed by atoms with Crippen molar-refractivity contribution in [2.24, 2.45) is 18.9 Å². The molecule has 2 aromatic rings. The Morgan fingerprint density at radius 2 is 1.71 bits per heavy atom. The van der Waals surface area contributed by atoms with Gasteiger partial charge in [0.1, 0.15) is 11.3 Å². The maximum absolute atomic E-state index is 13.9. The molecule has 1 aromatic heterocycles. The van der Waals surface area contributed by atoms with Gasteiger partial charge in [-0.1, -0.05) is 38.2 Å². The molecule has 0 spiro atoms. The molecule has 0 radical (unpaired) electrons. The van der Waals surface area contributed by atoms with Crippen molar-refractivity contribution in [3.8, 4) is 0 Å². The van der Waals surface area contributed by atoms with Crippen LogP contribution in [0.3, 0.4) is 0 Å². The van der Waals surface area contributed by atoms with Gasteiger partial charge in [-0.2, -0.15) is 0 Å². The highest BCUT2D eigenvalue weighted by Gasteiger charge is 2.46. The number of hydrogen-bond donors (Lipinski definition) is 0. The van der Waals surface area contributed by atoms with Gasteiger partial charge in [0, 0.05) is 51.1 Å². The lowest BCUT2D eigenvalue weighted by atomic mass is 9.75. The van der Waals surface area contributed by atoms with Crippen molar-refractivity contribution in [2.75, 3.05) is 40.1 Å². The maximum atomic E-state index is 13.9. The molecule has 9 heteroatoms. The first-order valence-corrected chi connectivity index (χ1v) is 15.4. The number of aromatic nitrogens is 1. The summed E-state index contributed by atoms with van der Waals surface area (Å²) in [5.74, 6) is 0.286. The third kappa shape index (κ3) is 8.13. The van der Waals surface area contributed by atoms with Crippen LogP contribution in [0.25, 0.3) is 10.9 Å². The molecule has 2 aliphatic rings. The van der Waals surface area contributed by atoms with E-state index in [1.807, 2.05) is 56.7 Å². The smallest absolute Gasteiger partial charge is 0.410 e. The number of rotatable bonds is 12. The topological polar surface area (TPSA) is 96.3 Å². The van der Waals surface area contributed by atoms with Crippen LogP contribution in [0.2, 0.25) is 0 Å². The molecule has 1 aromatic carbocycles. The average Bonchev–Trinajstić information content (AvgIpc) is 3.54. The number of carbonyl (C=O) groups is 3. The monoisotopic (exact) mass is 584 g/mol. The molecule has 232 valence electrons. The molecular formula is C33H48N2O7. The molecule has 4 rings (SSSR count). The van der Waals surface area contributed by atoms with Gasteiger partial charge in [-0.15, -0.1) is 0 Å². The minimum absolute atomic E-state index is 0.0524. The lowest BCUT2D eigenvalue weighted by molar-refractivity contribution is -0.124. The summed E-state index contributed by atoms with van der Waals surface area (Å²) >= 11 is 0. The average molecular weight is 585 g/mol. The number of methoxy groups -OCH3 is 1. The number of fused-ring (bicyclic) bond motifs is 1. The summed E-state index contributed by atoms with van der Waals surface area (Å²) in [5, 5.41) is 0.872. The van der Waals surface area contributed by atoms with Gasteiger partial charge in [-0.3, -0.25) is 9.69 Å². The van der Waals surface area contributed by atoms with Gasteiger partial charge >= 0.3 is 12.1 Å². The summed E-state index contributed by atoms with van der Waals surface area (Å²) in [5.41, 5.74) is 1.59. The molecule has 9 nitrogen and oxygen atoms in total. The Bertz CT molecular complexity index is 1220. The standard InChI is InChI=1S/C33H48N2O7/c1-33(2,3)42-32(38)35-15-14-26(24-10-7-6-8-11-24)30(35)29(36)21-23-12-13-27-25(20-23)22-28(34(27)4)31(37)41-17-9-16-40-19-18-39-5/h12-13,20,22,24,26,30H,6-11,14-19,21H2,1-5H3/t26-,30-/m0/s1. The number of likely N-dealkylation sites (tertiary alicyclic amines) is 1. The van der Waals surface area contributed by atoms with Crippen molar-refractivity contribution >= 4 is 28.7 Å². The number of ketones is 1. The van der Waals surface area contributed by atoms with Gasteiger partial charge < -0.3 is 23.5 Å². The molecule has 0 unspecified atom stereocenters. The SMILES string of the molecule is COCCOCCCOC(=O)c1cc2cc(CC(=O)[C@@H]3[C@H](C4CCCCC4)CCN3C(=O)OC(C)(C)C)ccc2n1C. The van der Waals surface area contributed by atoms with Crippen LogP contribution in [0.1, 0.15) is 81.8 Å². The first-order valence-electron chi connectivity index (χ1n) is 15.4. The van der Waals surface area contributed by atoms with Crippen LogP contribution in [0, 0.1) is 11.8 Å². The Morgan fingerprint density at radius 1 is 0.952 bits per heavy atom. The molecular weight excluding hydrogens is 536 g/mol. The molecule has 2 atom stereocenters. The number of ether oxygens (including phenoxy) is 4. The van der Waals surface area contributed by atoms with Crippen molar-refractivity contribution < 1.29 is 33.3 Å². The van der Waals surface area contributed by atoms with Gasteiger partial charge in [0.2, 0.25) is 0 Å². The molecule has 1 saturated heterocycles. The van der Waals surface area contributed by atoms with E-state index in [4.69, 9.17) is 18.9 Å². The van der Waals surface area contributed by atoms with E-state index in [0.717, 1.165) is 35.7 Å². The zero-order valence-electron chi connectivity index (χ0n) is 26.0. The second kappa shape index (κ2) is 14.5. The van der Waals surface area contributed by atoms with Crippen LogP contribution in [-0.2, 0) is 37.2 Å². The zero-order chi connectivity index (χ0) is 30.3. The highest BCUT2D eigenvalue weighted by molar-refractivity contribution is 5.96. The number of aryl methyl sites for hydroxylation is 1. The van der Waals surface area contributed by atoms with Crippen molar-refractivity contribution in [2.45, 2.75) is 83.8 Å². The molecule has 1 saturated carbocycles. The van der Waals surface area contributed by atoms with Crippen molar-refractivity contribution in [3.05, 3.63) is 35.5 Å². The fourth-order valence-electron chi connectivity index (χ4n) is 6.46. The van der Waals surface area contributed by atoms with Gasteiger partial charge in [-0.05, 0) is 62.8 Å². The molecule has 1 aliphatic carbocycles. The van der Waals surface area contributed by atoms with Crippen LogP contribution < -0.4 is 0 Å². The summed E-state index contributed by atoms with van der Waals surface area (Å²) in [7, 11) is 3.46. The highest BCUT2D eigenvalue weighted by atomic mass is 16.6. The Morgan fingerprint density at radius 3 is 2.43 bits per heavy atom. The van der Waals surface area contributed by atoms with Crippen molar-refractivity contribution in [1.29, 1.82) is 0 Å². The third-order valence-corrected chi connectivity index (χ3v) is 8.45. The number of Topliss-reactive ketones (excluding diaryl/α,β-unsaturated/α-hetero) is 1. The summed E-state index contributed by atoms with van der Waals surface area (Å²) in [6.07, 6.45) is 7.12. The van der Waals surface area contributed by atoms with Gasteiger partial charge in [0.25, 0.3) is 0 Å². The van der Waals surface area contributed by atoms with Crippen LogP contribution in [0.5, 0.6) is 0 Å². The fourth-order valence-corrected chi connectivity index (χ4v) is 6.46. The van der Waals surface area contributed by atoms with Crippen LogP contribution in [-0.4, -0.2) is 79.0 Å². The van der Waals surface area contributed by atoms with E-state index < -0.39 is 23.7 Å². The summed E-state index contributed by atoms with van der Waals surface area (Å²) < 4.78 is 23.4. The maximum Gasteiger partial charge on any atom is 0.410 e. The van der Waals surface area contributed by atoms with Gasteiger partial charge in [0.05, 0.1) is 25.9 Å². The van der Waals surface area contributed by atoms with E-state index in [2.05, 4.69) is 0 Å². The number of benzene rings is 1. The third-order valence-electron chi connectivity index (χ3n) is 8.45. The summed E-state index contributed by atoms with van der Waals surface area (Å²) in [6.45, 7) is 7.93. The fraction of sp³-hybridized carbons (Fsp3) is 0.667. The minimum atomic E-state index is -0.622. The lowest BCUT2D eigenvalue weighted by Crippen LogP contribution is -2.47. The predicted octanol–water partition coefficient (Wildman–Crippen LogP) is 5.71. The number of hydrogen-bond acceptors (Lipinski definition) is 7. The summed E-state index contributed by atoms with van der Waals surface area (Å²) in [6, 6.07) is 7.19. The van der Waals surface area contributed by atoms with E-state index in [-0.39, 0.29) is 24.7 Å². The molecule has 0 bridgehead atoms. The second-order valence-electron chi connectivity index (χ2n) is 12.7. The Kier molecular flexibility index (Phi) is 11.1. The first-order chi connectivity index (χ1) is 20.1. The van der Waals surface area contributed by atoms with Gasteiger partial charge in [0.15, 0.2) is 5.78 Å². The normalized spacial score (nSPS) is 19.8. The first kappa shape index (κ1) is 32.0. The van der Waals surface area contributed by atoms with Crippen molar-refractivity contribution in [3.63, 3.8) is 0 Å². The Balaban J connectivity index is 1.45. The quantitative estimate of drug-likeness (QED) is 0.233. The van der Waals surface area contributed by atoms with Crippen LogP contribution in [0.15, 0.2) is 24.3 Å². The van der Waals surface area contributed by atoms with E-state index in [1.54, 1.807) is 12.0 Å². The molecule has 2 heterocycles. The van der Waals surface area contributed by atoms with Crippen LogP contribution >= 0.6 is 0 Å².